The van der Waals surface area contributed by atoms with Crippen LogP contribution in [0.15, 0.2) is 46.9 Å². The second kappa shape index (κ2) is 12.6. The van der Waals surface area contributed by atoms with Gasteiger partial charge in [-0.3, -0.25) is 25.8 Å². The Morgan fingerprint density at radius 3 is 2.48 bits per heavy atom. The number of halogens is 1. The number of benzene rings is 2. The van der Waals surface area contributed by atoms with Crippen molar-refractivity contribution in [1.82, 2.24) is 16.2 Å². The number of carbonyl (C=O) groups excluding carboxylic acids is 2. The lowest BCUT2D eigenvalue weighted by Gasteiger charge is -2.20. The maximum atomic E-state index is 12.4. The molecule has 0 spiro atoms. The number of rotatable bonds is 8. The smallest absolute Gasteiger partial charge is 0.276 e. The fraction of sp³-hybridized carbons (Fsp3) is 0.375. The first-order valence-corrected chi connectivity index (χ1v) is 11.9. The van der Waals surface area contributed by atoms with Gasteiger partial charge >= 0.3 is 0 Å². The summed E-state index contributed by atoms with van der Waals surface area (Å²) in [6.07, 6.45) is 1.96. The summed E-state index contributed by atoms with van der Waals surface area (Å²) < 4.78 is 11.9. The van der Waals surface area contributed by atoms with Crippen LogP contribution >= 0.6 is 28.1 Å². The molecule has 0 bridgehead atoms. The number of ether oxygens (including phenoxy) is 2. The summed E-state index contributed by atoms with van der Waals surface area (Å²) in [6.45, 7) is 8.80. The monoisotopic (exact) mass is 535 g/mol. The van der Waals surface area contributed by atoms with Crippen LogP contribution < -0.4 is 25.6 Å². The van der Waals surface area contributed by atoms with Crippen molar-refractivity contribution in [2.24, 2.45) is 0 Å². The molecule has 0 saturated heterocycles. The molecule has 0 radical (unpaired) electrons. The van der Waals surface area contributed by atoms with Gasteiger partial charge in [-0.05, 0) is 75.9 Å². The molecule has 9 heteroatoms. The summed E-state index contributed by atoms with van der Waals surface area (Å²) in [4.78, 5) is 24.5. The molecule has 2 aromatic carbocycles. The van der Waals surface area contributed by atoms with Crippen LogP contribution in [-0.2, 0) is 10.2 Å². The first-order chi connectivity index (χ1) is 15.6. The molecule has 33 heavy (non-hydrogen) atoms. The van der Waals surface area contributed by atoms with E-state index >= 15 is 0 Å². The summed E-state index contributed by atoms with van der Waals surface area (Å²) in [7, 11) is 0. The average molecular weight is 536 g/mol. The predicted octanol–water partition coefficient (Wildman–Crippen LogP) is 4.64. The van der Waals surface area contributed by atoms with Crippen LogP contribution in [0.5, 0.6) is 11.5 Å². The Morgan fingerprint density at radius 1 is 1.06 bits per heavy atom. The van der Waals surface area contributed by atoms with E-state index in [1.54, 1.807) is 24.3 Å². The van der Waals surface area contributed by atoms with E-state index in [0.29, 0.717) is 23.7 Å². The fourth-order valence-electron chi connectivity index (χ4n) is 2.66. The lowest BCUT2D eigenvalue weighted by molar-refractivity contribution is -0.123. The normalized spacial score (nSPS) is 10.8. The highest BCUT2D eigenvalue weighted by atomic mass is 79.9. The van der Waals surface area contributed by atoms with Gasteiger partial charge in [0.1, 0.15) is 11.5 Å². The zero-order valence-corrected chi connectivity index (χ0v) is 21.7. The second-order valence-corrected chi connectivity index (χ2v) is 9.63. The number of hydrogen-bond donors (Lipinski definition) is 3. The Labute approximate surface area is 208 Å². The summed E-state index contributed by atoms with van der Waals surface area (Å²) in [5, 5.41) is 2.47. The molecule has 0 heterocycles. The summed E-state index contributed by atoms with van der Waals surface area (Å²) in [6, 6.07) is 12.6. The van der Waals surface area contributed by atoms with E-state index in [2.05, 4.69) is 59.8 Å². The number of hydrazine groups is 1. The molecule has 0 atom stereocenters. The van der Waals surface area contributed by atoms with Gasteiger partial charge in [0, 0.05) is 5.56 Å². The van der Waals surface area contributed by atoms with Gasteiger partial charge in [0.25, 0.3) is 11.8 Å². The molecule has 0 aromatic heterocycles. The maximum Gasteiger partial charge on any atom is 0.276 e. The van der Waals surface area contributed by atoms with Crippen LogP contribution in [-0.4, -0.2) is 30.1 Å². The van der Waals surface area contributed by atoms with Gasteiger partial charge < -0.3 is 9.47 Å². The zero-order valence-electron chi connectivity index (χ0n) is 19.3. The first-order valence-electron chi connectivity index (χ1n) is 10.7. The predicted molar refractivity (Wildman–Crippen MR) is 137 cm³/mol. The summed E-state index contributed by atoms with van der Waals surface area (Å²) >= 11 is 8.55. The third-order valence-electron chi connectivity index (χ3n) is 4.56. The highest BCUT2D eigenvalue weighted by molar-refractivity contribution is 9.10. The Bertz CT molecular complexity index is 992. The highest BCUT2D eigenvalue weighted by Crippen LogP contribution is 2.31. The van der Waals surface area contributed by atoms with Gasteiger partial charge in [-0.25, -0.2) is 0 Å². The molecule has 0 fully saturated rings. The van der Waals surface area contributed by atoms with Crippen molar-refractivity contribution >= 4 is 45.1 Å². The lowest BCUT2D eigenvalue weighted by Crippen LogP contribution is -2.49. The first kappa shape index (κ1) is 26.6. The standard InChI is InChI=1S/C24H30BrN3O4S/c1-5-6-12-31-18-9-7-8-16(13-18)22(30)26-23(33)28-27-21(29)15-32-20-11-10-17(14-19(20)25)24(2,3)4/h7-11,13-14H,5-6,12,15H2,1-4H3,(H,27,29)(H2,26,28,30,33). The highest BCUT2D eigenvalue weighted by Gasteiger charge is 2.16. The van der Waals surface area contributed by atoms with Crippen molar-refractivity contribution in [3.63, 3.8) is 0 Å². The third-order valence-corrected chi connectivity index (χ3v) is 5.39. The molecule has 0 unspecified atom stereocenters. The zero-order chi connectivity index (χ0) is 24.4. The largest absolute Gasteiger partial charge is 0.494 e. The number of carbonyl (C=O) groups is 2. The minimum Gasteiger partial charge on any atom is -0.494 e. The molecule has 7 nitrogen and oxygen atoms in total. The fourth-order valence-corrected chi connectivity index (χ4v) is 3.30. The van der Waals surface area contributed by atoms with Crippen LogP contribution in [0, 0.1) is 0 Å². The van der Waals surface area contributed by atoms with Crippen molar-refractivity contribution in [2.45, 2.75) is 46.0 Å². The van der Waals surface area contributed by atoms with Crippen LogP contribution in [0.3, 0.4) is 0 Å². The quantitative estimate of drug-likeness (QED) is 0.259. The molecular formula is C24H30BrN3O4S. The Morgan fingerprint density at radius 2 is 1.82 bits per heavy atom. The Balaban J connectivity index is 1.78. The number of thiocarbonyl (C=S) groups is 1. The van der Waals surface area contributed by atoms with Gasteiger partial charge in [0.2, 0.25) is 0 Å². The molecule has 0 aliphatic heterocycles. The second-order valence-electron chi connectivity index (χ2n) is 8.37. The number of unbranched alkanes of at least 4 members (excludes halogenated alkanes) is 1. The third kappa shape index (κ3) is 9.01. The van der Waals surface area contributed by atoms with Crippen molar-refractivity contribution < 1.29 is 19.1 Å². The van der Waals surface area contributed by atoms with Crippen LogP contribution in [0.2, 0.25) is 0 Å². The van der Waals surface area contributed by atoms with Gasteiger partial charge in [0.15, 0.2) is 11.7 Å². The summed E-state index contributed by atoms with van der Waals surface area (Å²) in [5.74, 6) is 0.295. The molecule has 0 aliphatic carbocycles. The van der Waals surface area contributed by atoms with Crippen LogP contribution in [0.4, 0.5) is 0 Å². The van der Waals surface area contributed by atoms with E-state index in [-0.39, 0.29) is 17.1 Å². The van der Waals surface area contributed by atoms with Crippen LogP contribution in [0.1, 0.15) is 56.5 Å². The number of amides is 2. The van der Waals surface area contributed by atoms with Crippen molar-refractivity contribution in [3.05, 3.63) is 58.1 Å². The van der Waals surface area contributed by atoms with E-state index in [0.717, 1.165) is 22.9 Å². The van der Waals surface area contributed by atoms with Gasteiger partial charge in [-0.15, -0.1) is 0 Å². The average Bonchev–Trinajstić information content (AvgIpc) is 2.76. The van der Waals surface area contributed by atoms with Crippen molar-refractivity contribution in [1.29, 1.82) is 0 Å². The Hall–Kier alpha value is -2.65. The SMILES string of the molecule is CCCCOc1cccc(C(=O)NC(=S)NNC(=O)COc2ccc(C(C)(C)C)cc2Br)c1. The van der Waals surface area contributed by atoms with Crippen molar-refractivity contribution in [2.75, 3.05) is 13.2 Å². The molecule has 2 aromatic rings. The number of nitrogens with one attached hydrogen (secondary N) is 3. The lowest BCUT2D eigenvalue weighted by atomic mass is 9.87. The minimum atomic E-state index is -0.454. The topological polar surface area (TPSA) is 88.7 Å². The van der Waals surface area contributed by atoms with E-state index < -0.39 is 11.8 Å². The molecule has 178 valence electrons. The minimum absolute atomic E-state index is 0.00582. The van der Waals surface area contributed by atoms with E-state index in [9.17, 15) is 9.59 Å². The molecule has 3 N–H and O–H groups in total. The summed E-state index contributed by atoms with van der Waals surface area (Å²) in [5.41, 5.74) is 6.44. The van der Waals surface area contributed by atoms with E-state index in [1.165, 1.54) is 0 Å². The van der Waals surface area contributed by atoms with Gasteiger partial charge in [-0.1, -0.05) is 46.2 Å². The molecule has 0 saturated carbocycles. The molecule has 2 rings (SSSR count). The van der Waals surface area contributed by atoms with Crippen LogP contribution in [0.25, 0.3) is 0 Å². The molecular weight excluding hydrogens is 506 g/mol. The molecule has 0 aliphatic rings. The van der Waals surface area contributed by atoms with Crippen molar-refractivity contribution in [3.8, 4) is 11.5 Å². The number of hydrogen-bond acceptors (Lipinski definition) is 5. The Kier molecular flexibility index (Phi) is 10.1. The van der Waals surface area contributed by atoms with Gasteiger partial charge in [-0.2, -0.15) is 0 Å². The van der Waals surface area contributed by atoms with Gasteiger partial charge in [0.05, 0.1) is 11.1 Å². The maximum absolute atomic E-state index is 12.4. The van der Waals surface area contributed by atoms with E-state index in [1.807, 2.05) is 18.2 Å². The molecule has 2 amide bonds. The van der Waals surface area contributed by atoms with E-state index in [4.69, 9.17) is 21.7 Å².